The van der Waals surface area contributed by atoms with Gasteiger partial charge in [-0.25, -0.2) is 9.37 Å². The first kappa shape index (κ1) is 22.8. The van der Waals surface area contributed by atoms with Crippen molar-refractivity contribution in [2.45, 2.75) is 12.8 Å². The molecule has 0 saturated carbocycles. The number of hydrogen-bond donors (Lipinski definition) is 2. The minimum absolute atomic E-state index is 0.314. The summed E-state index contributed by atoms with van der Waals surface area (Å²) in [5.41, 5.74) is 0.997. The molecule has 0 unspecified atom stereocenters. The van der Waals surface area contributed by atoms with Crippen LogP contribution in [0.1, 0.15) is 12.8 Å². The average molecular weight is 465 g/mol. The smallest absolute Gasteiger partial charge is 0.229 e. The van der Waals surface area contributed by atoms with Crippen molar-refractivity contribution in [2.75, 3.05) is 75.6 Å². The average Bonchev–Trinajstić information content (AvgIpc) is 2.81. The minimum Gasteiger partial charge on any atom is -0.494 e. The number of aromatic nitrogens is 2. The number of nitrogens with one attached hydrogen (secondary N) is 2. The lowest BCUT2D eigenvalue weighted by Crippen LogP contribution is -2.44. The first-order valence-corrected chi connectivity index (χ1v) is 11.3. The third-order valence-corrected chi connectivity index (χ3v) is 6.28. The van der Waals surface area contributed by atoms with Gasteiger partial charge in [-0.3, -0.25) is 0 Å². The Morgan fingerprint density at radius 3 is 2.69 bits per heavy atom. The van der Waals surface area contributed by atoms with Gasteiger partial charge in [0, 0.05) is 58.1 Å². The second-order valence-corrected chi connectivity index (χ2v) is 8.65. The fraction of sp³-hybridized carbons (Fsp3) is 0.545. The van der Waals surface area contributed by atoms with Crippen LogP contribution in [0.4, 0.5) is 27.5 Å². The van der Waals surface area contributed by atoms with E-state index in [4.69, 9.17) is 21.1 Å². The molecule has 0 amide bonds. The Hall–Kier alpha value is -2.36. The summed E-state index contributed by atoms with van der Waals surface area (Å²) in [7, 11) is 3.63. The maximum atomic E-state index is 15.0. The van der Waals surface area contributed by atoms with Gasteiger partial charge in [0.05, 0.1) is 24.7 Å². The van der Waals surface area contributed by atoms with E-state index in [0.29, 0.717) is 39.8 Å². The molecule has 10 heteroatoms. The maximum absolute atomic E-state index is 15.0. The number of nitrogens with zero attached hydrogens (tertiary/aromatic N) is 4. The van der Waals surface area contributed by atoms with Crippen LogP contribution in [0.5, 0.6) is 5.75 Å². The number of anilines is 4. The van der Waals surface area contributed by atoms with Gasteiger partial charge in [-0.05, 0) is 25.8 Å². The highest BCUT2D eigenvalue weighted by Gasteiger charge is 2.21. The van der Waals surface area contributed by atoms with Crippen LogP contribution in [0, 0.1) is 11.7 Å². The first-order chi connectivity index (χ1) is 15.5. The van der Waals surface area contributed by atoms with Gasteiger partial charge in [0.1, 0.15) is 16.6 Å². The van der Waals surface area contributed by atoms with E-state index in [1.54, 1.807) is 13.2 Å². The van der Waals surface area contributed by atoms with Crippen LogP contribution in [0.15, 0.2) is 18.3 Å². The van der Waals surface area contributed by atoms with Gasteiger partial charge >= 0.3 is 0 Å². The predicted molar refractivity (Wildman–Crippen MR) is 125 cm³/mol. The van der Waals surface area contributed by atoms with Crippen LogP contribution in [0.2, 0.25) is 5.02 Å². The van der Waals surface area contributed by atoms with Crippen LogP contribution in [-0.2, 0) is 4.74 Å². The van der Waals surface area contributed by atoms with Gasteiger partial charge < -0.3 is 29.9 Å². The van der Waals surface area contributed by atoms with Crippen molar-refractivity contribution in [1.29, 1.82) is 0 Å². The highest BCUT2D eigenvalue weighted by atomic mass is 35.5. The second kappa shape index (κ2) is 10.5. The van der Waals surface area contributed by atoms with Crippen LogP contribution in [0.25, 0.3) is 0 Å². The summed E-state index contributed by atoms with van der Waals surface area (Å²) in [5.74, 6) is 1.58. The number of ether oxygens (including phenoxy) is 2. The molecule has 2 aromatic rings. The Labute approximate surface area is 193 Å². The molecule has 0 bridgehead atoms. The van der Waals surface area contributed by atoms with Gasteiger partial charge in [0.25, 0.3) is 0 Å². The lowest BCUT2D eigenvalue weighted by molar-refractivity contribution is 0.0699. The molecule has 0 spiro atoms. The molecule has 0 radical (unpaired) electrons. The van der Waals surface area contributed by atoms with E-state index in [-0.39, 0.29) is 5.82 Å². The highest BCUT2D eigenvalue weighted by Crippen LogP contribution is 2.35. The number of methoxy groups -OCH3 is 1. The fourth-order valence-corrected chi connectivity index (χ4v) is 4.12. The summed E-state index contributed by atoms with van der Waals surface area (Å²) in [5, 5.41) is 6.82. The summed E-state index contributed by atoms with van der Waals surface area (Å²) in [4.78, 5) is 13.0. The zero-order valence-electron chi connectivity index (χ0n) is 18.5. The number of halogens is 2. The number of benzene rings is 1. The SMILES string of the molecule is COc1cc(N2CCN(C)CC2)c(F)cc1Nc1ncc(Cl)c(NCC2CCOCC2)n1. The van der Waals surface area contributed by atoms with E-state index >= 15 is 0 Å². The number of likely N-dealkylation sites (N-methyl/N-ethyl adjacent to an activating group) is 1. The Morgan fingerprint density at radius 1 is 1.22 bits per heavy atom. The van der Waals surface area contributed by atoms with E-state index in [1.165, 1.54) is 12.3 Å². The molecule has 8 nitrogen and oxygen atoms in total. The van der Waals surface area contributed by atoms with E-state index in [0.717, 1.165) is 58.8 Å². The van der Waals surface area contributed by atoms with E-state index in [9.17, 15) is 4.39 Å². The Morgan fingerprint density at radius 2 is 1.97 bits per heavy atom. The largest absolute Gasteiger partial charge is 0.494 e. The Bertz CT molecular complexity index is 920. The van der Waals surface area contributed by atoms with Crippen molar-refractivity contribution in [3.05, 3.63) is 29.2 Å². The number of hydrogen-bond acceptors (Lipinski definition) is 8. The molecule has 3 heterocycles. The maximum Gasteiger partial charge on any atom is 0.229 e. The van der Waals surface area contributed by atoms with Crippen molar-refractivity contribution in [1.82, 2.24) is 14.9 Å². The summed E-state index contributed by atoms with van der Waals surface area (Å²) < 4.78 is 25.9. The third-order valence-electron chi connectivity index (χ3n) is 6.00. The van der Waals surface area contributed by atoms with Gasteiger partial charge in [-0.1, -0.05) is 11.6 Å². The van der Waals surface area contributed by atoms with Gasteiger partial charge in [0.2, 0.25) is 5.95 Å². The summed E-state index contributed by atoms with van der Waals surface area (Å²) in [6.07, 6.45) is 3.55. The molecule has 2 aliphatic heterocycles. The van der Waals surface area contributed by atoms with Crippen LogP contribution >= 0.6 is 11.6 Å². The molecule has 1 aromatic carbocycles. The number of rotatable bonds is 7. The van der Waals surface area contributed by atoms with E-state index < -0.39 is 0 Å². The van der Waals surface area contributed by atoms with Crippen LogP contribution < -0.4 is 20.3 Å². The Balaban J connectivity index is 1.48. The molecule has 1 aromatic heterocycles. The first-order valence-electron chi connectivity index (χ1n) is 11.0. The second-order valence-electron chi connectivity index (χ2n) is 8.25. The third kappa shape index (κ3) is 5.51. The monoisotopic (exact) mass is 464 g/mol. The lowest BCUT2D eigenvalue weighted by atomic mass is 10.0. The molecule has 174 valence electrons. The van der Waals surface area contributed by atoms with Gasteiger partial charge in [-0.15, -0.1) is 0 Å². The van der Waals surface area contributed by atoms with Crippen molar-refractivity contribution >= 4 is 34.7 Å². The Kier molecular flexibility index (Phi) is 7.49. The topological polar surface area (TPSA) is 74.8 Å². The number of piperazine rings is 1. The zero-order chi connectivity index (χ0) is 22.5. The summed E-state index contributed by atoms with van der Waals surface area (Å²) >= 11 is 6.28. The van der Waals surface area contributed by atoms with Crippen molar-refractivity contribution < 1.29 is 13.9 Å². The predicted octanol–water partition coefficient (Wildman–Crippen LogP) is 3.61. The van der Waals surface area contributed by atoms with E-state index in [1.807, 2.05) is 4.90 Å². The molecular weight excluding hydrogens is 435 g/mol. The van der Waals surface area contributed by atoms with Gasteiger partial charge in [0.15, 0.2) is 5.82 Å². The highest BCUT2D eigenvalue weighted by molar-refractivity contribution is 6.32. The molecule has 0 aliphatic carbocycles. The van der Waals surface area contributed by atoms with Gasteiger partial charge in [-0.2, -0.15) is 4.98 Å². The molecule has 2 saturated heterocycles. The summed E-state index contributed by atoms with van der Waals surface area (Å²) in [6.45, 7) is 5.65. The standard InChI is InChI=1S/C22H30ClFN6O2/c1-29-5-7-30(8-6-29)19-12-20(31-2)18(11-17(19)24)27-22-26-14-16(23)21(28-22)25-13-15-3-9-32-10-4-15/h11-12,14-15H,3-10,13H2,1-2H3,(H2,25,26,27,28). The molecule has 2 aliphatic rings. The quantitative estimate of drug-likeness (QED) is 0.643. The van der Waals surface area contributed by atoms with Crippen LogP contribution in [-0.4, -0.2) is 75.0 Å². The molecule has 0 atom stereocenters. The molecule has 2 N–H and O–H groups in total. The zero-order valence-corrected chi connectivity index (χ0v) is 19.3. The summed E-state index contributed by atoms with van der Waals surface area (Å²) in [6, 6.07) is 3.16. The molecule has 32 heavy (non-hydrogen) atoms. The molecule has 4 rings (SSSR count). The minimum atomic E-state index is -0.315. The molecular formula is C22H30ClFN6O2. The van der Waals surface area contributed by atoms with Crippen LogP contribution in [0.3, 0.4) is 0 Å². The van der Waals surface area contributed by atoms with E-state index in [2.05, 4.69) is 32.5 Å². The molecule has 2 fully saturated rings. The van der Waals surface area contributed by atoms with Crippen molar-refractivity contribution in [3.8, 4) is 5.75 Å². The van der Waals surface area contributed by atoms with Crippen molar-refractivity contribution in [2.24, 2.45) is 5.92 Å². The fourth-order valence-electron chi connectivity index (χ4n) is 3.96. The lowest BCUT2D eigenvalue weighted by Gasteiger charge is -2.34. The van der Waals surface area contributed by atoms with Crippen molar-refractivity contribution in [3.63, 3.8) is 0 Å². The normalized spacial score (nSPS) is 17.9.